The number of hydrogen-bond donors (Lipinski definition) is 4. The third kappa shape index (κ3) is 3.47. The van der Waals surface area contributed by atoms with E-state index in [1.54, 1.807) is 0 Å². The van der Waals surface area contributed by atoms with Crippen LogP contribution in [0.4, 0.5) is 0 Å². The number of fused-ring (bicyclic) bond motifs is 2. The van der Waals surface area contributed by atoms with Crippen molar-refractivity contribution in [1.82, 2.24) is 0 Å². The van der Waals surface area contributed by atoms with E-state index in [1.165, 1.54) is 0 Å². The topological polar surface area (TPSA) is 90.2 Å². The minimum absolute atomic E-state index is 0.219. The van der Waals surface area contributed by atoms with E-state index >= 15 is 0 Å². The number of aliphatic hydroxyl groups is 4. The molecule has 5 atom stereocenters. The number of halogens is 1. The zero-order chi connectivity index (χ0) is 20.8. The van der Waals surface area contributed by atoms with Gasteiger partial charge in [-0.15, -0.1) is 18.2 Å². The van der Waals surface area contributed by atoms with Crippen LogP contribution in [0.5, 0.6) is 0 Å². The van der Waals surface area contributed by atoms with Crippen LogP contribution >= 0.6 is 23.4 Å². The molecule has 0 bridgehead atoms. The van der Waals surface area contributed by atoms with Gasteiger partial charge >= 0.3 is 0 Å². The predicted molar refractivity (Wildman–Crippen MR) is 112 cm³/mol. The third-order valence-corrected chi connectivity index (χ3v) is 7.57. The summed E-state index contributed by atoms with van der Waals surface area (Å²) < 4.78 is 5.96. The van der Waals surface area contributed by atoms with E-state index < -0.39 is 28.5 Å². The summed E-state index contributed by atoms with van der Waals surface area (Å²) in [6.45, 7) is -0.130. The fraction of sp³-hybridized carbons (Fsp3) is 0.364. The van der Waals surface area contributed by atoms with Crippen molar-refractivity contribution in [2.45, 2.75) is 41.5 Å². The Labute approximate surface area is 178 Å². The van der Waals surface area contributed by atoms with Crippen LogP contribution in [-0.4, -0.2) is 50.6 Å². The summed E-state index contributed by atoms with van der Waals surface area (Å²) in [5.74, 6) is 2.59. The van der Waals surface area contributed by atoms with E-state index in [-0.39, 0.29) is 13.2 Å². The highest BCUT2D eigenvalue weighted by Gasteiger charge is 2.57. The molecule has 4 N–H and O–H groups in total. The molecule has 2 aromatic carbocycles. The molecule has 0 saturated carbocycles. The van der Waals surface area contributed by atoms with Gasteiger partial charge < -0.3 is 25.2 Å². The van der Waals surface area contributed by atoms with Crippen molar-refractivity contribution in [3.63, 3.8) is 0 Å². The molecule has 0 unspecified atom stereocenters. The van der Waals surface area contributed by atoms with Crippen molar-refractivity contribution < 1.29 is 25.2 Å². The molecule has 1 saturated heterocycles. The van der Waals surface area contributed by atoms with E-state index in [0.717, 1.165) is 34.0 Å². The average molecular weight is 433 g/mol. The van der Waals surface area contributed by atoms with Gasteiger partial charge in [-0.05, 0) is 47.4 Å². The summed E-state index contributed by atoms with van der Waals surface area (Å²) in [5, 5.41) is 40.8. The highest BCUT2D eigenvalue weighted by atomic mass is 35.5. The molecular weight excluding hydrogens is 412 g/mol. The summed E-state index contributed by atoms with van der Waals surface area (Å²) in [6, 6.07) is 11.3. The Morgan fingerprint density at radius 2 is 1.90 bits per heavy atom. The minimum Gasteiger partial charge on any atom is -0.395 e. The first-order valence-electron chi connectivity index (χ1n) is 9.23. The largest absolute Gasteiger partial charge is 0.395 e. The molecule has 1 spiro atoms. The van der Waals surface area contributed by atoms with Crippen LogP contribution in [0.2, 0.25) is 5.02 Å². The number of hydrogen-bond acceptors (Lipinski definition) is 6. The number of aliphatic hydroxyl groups excluding tert-OH is 4. The maximum absolute atomic E-state index is 10.8. The summed E-state index contributed by atoms with van der Waals surface area (Å²) >= 11 is 7.63. The van der Waals surface area contributed by atoms with Crippen molar-refractivity contribution in [2.75, 3.05) is 6.61 Å². The van der Waals surface area contributed by atoms with Crippen LogP contribution in [0.15, 0.2) is 36.4 Å². The number of ether oxygens (including phenoxy) is 1. The molecule has 7 heteroatoms. The molecule has 5 nitrogen and oxygen atoms in total. The second kappa shape index (κ2) is 7.93. The first kappa shape index (κ1) is 20.7. The van der Waals surface area contributed by atoms with E-state index in [9.17, 15) is 20.4 Å². The summed E-state index contributed by atoms with van der Waals surface area (Å²) in [6.07, 6.45) is 1.93. The number of terminal acetylenes is 1. The fourth-order valence-corrected chi connectivity index (χ4v) is 5.72. The first-order chi connectivity index (χ1) is 13.9. The quantitative estimate of drug-likeness (QED) is 0.553. The molecule has 2 aliphatic heterocycles. The molecule has 2 aromatic rings. The average Bonchev–Trinajstić information content (AvgIpc) is 3.08. The molecule has 0 radical (unpaired) electrons. The van der Waals surface area contributed by atoms with Gasteiger partial charge in [0.05, 0.1) is 24.6 Å². The minimum atomic E-state index is -1.44. The summed E-state index contributed by atoms with van der Waals surface area (Å²) in [7, 11) is 0. The molecule has 29 heavy (non-hydrogen) atoms. The van der Waals surface area contributed by atoms with Gasteiger partial charge in [0.2, 0.25) is 0 Å². The van der Waals surface area contributed by atoms with Gasteiger partial charge in [-0.2, -0.15) is 0 Å². The van der Waals surface area contributed by atoms with Gasteiger partial charge in [0, 0.05) is 16.1 Å². The van der Waals surface area contributed by atoms with Gasteiger partial charge in [-0.25, -0.2) is 0 Å². The fourth-order valence-electron chi connectivity index (χ4n) is 3.92. The predicted octanol–water partition coefficient (Wildman–Crippen LogP) is 1.79. The SMILES string of the molecule is C#Cc1ccc(Cc2cc3c(cc2Cl)CO[C@]32S[C@H](CO)[C@@H](O)[C@H](O)[C@H]2O)cc1. The maximum Gasteiger partial charge on any atom is 0.168 e. The second-order valence-corrected chi connectivity index (χ2v) is 9.19. The lowest BCUT2D eigenvalue weighted by molar-refractivity contribution is -0.147. The number of thioether (sulfide) groups is 1. The highest BCUT2D eigenvalue weighted by molar-refractivity contribution is 8.00. The van der Waals surface area contributed by atoms with Crippen LogP contribution in [0.1, 0.15) is 27.8 Å². The van der Waals surface area contributed by atoms with Crippen molar-refractivity contribution in [1.29, 1.82) is 0 Å². The molecule has 0 amide bonds. The van der Waals surface area contributed by atoms with E-state index in [4.69, 9.17) is 22.8 Å². The Bertz CT molecular complexity index is 955. The molecule has 1 fully saturated rings. The first-order valence-corrected chi connectivity index (χ1v) is 10.5. The molecule has 4 rings (SSSR count). The summed E-state index contributed by atoms with van der Waals surface area (Å²) in [5.41, 5.74) is 4.19. The second-order valence-electron chi connectivity index (χ2n) is 7.34. The Morgan fingerprint density at radius 1 is 1.17 bits per heavy atom. The highest BCUT2D eigenvalue weighted by Crippen LogP contribution is 2.54. The zero-order valence-electron chi connectivity index (χ0n) is 15.5. The van der Waals surface area contributed by atoms with Crippen LogP contribution in [0, 0.1) is 12.3 Å². The Balaban J connectivity index is 1.72. The Morgan fingerprint density at radius 3 is 2.55 bits per heavy atom. The van der Waals surface area contributed by atoms with Crippen molar-refractivity contribution in [2.24, 2.45) is 0 Å². The lowest BCUT2D eigenvalue weighted by atomic mass is 9.91. The van der Waals surface area contributed by atoms with Crippen molar-refractivity contribution in [3.8, 4) is 12.3 Å². The van der Waals surface area contributed by atoms with Gasteiger partial charge in [-0.1, -0.05) is 29.7 Å². The van der Waals surface area contributed by atoms with E-state index in [2.05, 4.69) is 5.92 Å². The number of rotatable bonds is 3. The Kier molecular flexibility index (Phi) is 5.66. The van der Waals surface area contributed by atoms with Crippen molar-refractivity contribution >= 4 is 23.4 Å². The lowest BCUT2D eigenvalue weighted by Gasteiger charge is -2.45. The smallest absolute Gasteiger partial charge is 0.168 e. The molecule has 0 aliphatic carbocycles. The van der Waals surface area contributed by atoms with E-state index in [1.807, 2.05) is 36.4 Å². The zero-order valence-corrected chi connectivity index (χ0v) is 17.0. The number of benzene rings is 2. The molecule has 2 aliphatic rings. The van der Waals surface area contributed by atoms with Crippen LogP contribution in [0.3, 0.4) is 0 Å². The van der Waals surface area contributed by atoms with Crippen LogP contribution in [0.25, 0.3) is 0 Å². The normalized spacial score (nSPS) is 30.9. The molecule has 0 aromatic heterocycles. The maximum atomic E-state index is 10.8. The van der Waals surface area contributed by atoms with Gasteiger partial charge in [0.15, 0.2) is 4.93 Å². The monoisotopic (exact) mass is 432 g/mol. The van der Waals surface area contributed by atoms with Crippen LogP contribution in [-0.2, 0) is 22.7 Å². The molecule has 152 valence electrons. The van der Waals surface area contributed by atoms with E-state index in [0.29, 0.717) is 17.0 Å². The Hall–Kier alpha value is -1.56. The third-order valence-electron chi connectivity index (χ3n) is 5.56. The van der Waals surface area contributed by atoms with Crippen molar-refractivity contribution in [3.05, 3.63) is 69.2 Å². The van der Waals surface area contributed by atoms with Gasteiger partial charge in [-0.3, -0.25) is 0 Å². The van der Waals surface area contributed by atoms with Crippen LogP contribution < -0.4 is 0 Å². The molecule has 2 heterocycles. The lowest BCUT2D eigenvalue weighted by Crippen LogP contribution is -2.58. The van der Waals surface area contributed by atoms with Gasteiger partial charge in [0.25, 0.3) is 0 Å². The van der Waals surface area contributed by atoms with Gasteiger partial charge in [0.1, 0.15) is 12.2 Å². The molecular formula is C22H21ClO5S. The standard InChI is InChI=1S/C22H21ClO5S/c1-2-12-3-5-13(6-4-12)7-14-8-16-15(9-17(14)23)11-28-22(16)21(27)20(26)19(25)18(10-24)29-22/h1,3-6,8-9,18-21,24-27H,7,10-11H2/t18-,19-,20+,21-,22+/m1/s1. The summed E-state index contributed by atoms with van der Waals surface area (Å²) in [4.78, 5) is -1.27.